The standard InChI is InChI=1S/C21H24BrNO4S/c1-15-5-3-6-16(2)21(15)27-13-20(24)23(19-9-10-28(25,26)14-19)12-17-7-4-8-18(22)11-17/h3-8,11,19H,9-10,12-14H2,1-2H3/t19-/m1/s1. The van der Waals surface area contributed by atoms with Gasteiger partial charge in [0.2, 0.25) is 0 Å². The summed E-state index contributed by atoms with van der Waals surface area (Å²) in [7, 11) is -3.10. The second-order valence-corrected chi connectivity index (χ2v) is 10.4. The van der Waals surface area contributed by atoms with Crippen molar-refractivity contribution in [2.24, 2.45) is 0 Å². The molecular weight excluding hydrogens is 442 g/mol. The van der Waals surface area contributed by atoms with Gasteiger partial charge in [-0.2, -0.15) is 0 Å². The van der Waals surface area contributed by atoms with Crippen LogP contribution in [0, 0.1) is 13.8 Å². The lowest BCUT2D eigenvalue weighted by Gasteiger charge is -2.28. The van der Waals surface area contributed by atoms with Crippen LogP contribution in [0.1, 0.15) is 23.1 Å². The van der Waals surface area contributed by atoms with E-state index in [0.717, 1.165) is 21.2 Å². The quantitative estimate of drug-likeness (QED) is 0.652. The zero-order chi connectivity index (χ0) is 20.3. The summed E-state index contributed by atoms with van der Waals surface area (Å²) < 4.78 is 30.7. The first-order chi connectivity index (χ1) is 13.2. The Balaban J connectivity index is 1.78. The van der Waals surface area contributed by atoms with Gasteiger partial charge in [0, 0.05) is 17.1 Å². The predicted octanol–water partition coefficient (Wildman–Crippen LogP) is 3.66. The molecule has 1 aliphatic rings. The largest absolute Gasteiger partial charge is 0.483 e. The van der Waals surface area contributed by atoms with E-state index in [2.05, 4.69) is 15.9 Å². The first kappa shape index (κ1) is 20.9. The third kappa shape index (κ3) is 5.14. The number of rotatable bonds is 6. The van der Waals surface area contributed by atoms with Crippen LogP contribution in [0.2, 0.25) is 0 Å². The summed E-state index contributed by atoms with van der Waals surface area (Å²) in [5.41, 5.74) is 2.88. The molecule has 150 valence electrons. The van der Waals surface area contributed by atoms with Gasteiger partial charge in [0.05, 0.1) is 11.5 Å². The van der Waals surface area contributed by atoms with Crippen molar-refractivity contribution in [1.29, 1.82) is 0 Å². The highest BCUT2D eigenvalue weighted by Gasteiger charge is 2.34. The number of hydrogen-bond donors (Lipinski definition) is 0. The third-order valence-corrected chi connectivity index (χ3v) is 7.20. The SMILES string of the molecule is Cc1cccc(C)c1OCC(=O)N(Cc1cccc(Br)c1)[C@@H]1CCS(=O)(=O)C1. The molecule has 1 aliphatic heterocycles. The molecule has 1 saturated heterocycles. The molecule has 0 bridgehead atoms. The Morgan fingerprint density at radius 3 is 2.46 bits per heavy atom. The molecule has 2 aromatic carbocycles. The number of amides is 1. The van der Waals surface area contributed by atoms with Gasteiger partial charge in [-0.3, -0.25) is 4.79 Å². The van der Waals surface area contributed by atoms with Crippen molar-refractivity contribution >= 4 is 31.7 Å². The van der Waals surface area contributed by atoms with E-state index in [0.29, 0.717) is 18.7 Å². The fourth-order valence-electron chi connectivity index (χ4n) is 3.52. The minimum Gasteiger partial charge on any atom is -0.483 e. The van der Waals surface area contributed by atoms with Crippen molar-refractivity contribution in [2.45, 2.75) is 32.9 Å². The summed E-state index contributed by atoms with van der Waals surface area (Å²) in [5, 5.41) is 0. The molecule has 2 aromatic rings. The smallest absolute Gasteiger partial charge is 0.261 e. The van der Waals surface area contributed by atoms with Gasteiger partial charge in [0.15, 0.2) is 16.4 Å². The Bertz CT molecular complexity index is 954. The summed E-state index contributed by atoms with van der Waals surface area (Å²) in [5.74, 6) is 0.635. The van der Waals surface area contributed by atoms with Gasteiger partial charge in [-0.15, -0.1) is 0 Å². The summed E-state index contributed by atoms with van der Waals surface area (Å²) in [6, 6.07) is 13.2. The lowest BCUT2D eigenvalue weighted by atomic mass is 10.1. The lowest BCUT2D eigenvalue weighted by Crippen LogP contribution is -2.43. The Morgan fingerprint density at radius 1 is 1.18 bits per heavy atom. The maximum atomic E-state index is 13.0. The first-order valence-corrected chi connectivity index (χ1v) is 11.8. The zero-order valence-corrected chi connectivity index (χ0v) is 18.4. The van der Waals surface area contributed by atoms with Crippen molar-refractivity contribution in [3.8, 4) is 5.75 Å². The molecule has 1 heterocycles. The summed E-state index contributed by atoms with van der Waals surface area (Å²) in [4.78, 5) is 14.7. The van der Waals surface area contributed by atoms with E-state index < -0.39 is 9.84 Å². The van der Waals surface area contributed by atoms with Gasteiger partial charge >= 0.3 is 0 Å². The molecule has 3 rings (SSSR count). The summed E-state index contributed by atoms with van der Waals surface area (Å²) in [6.07, 6.45) is 0.464. The summed E-state index contributed by atoms with van der Waals surface area (Å²) in [6.45, 7) is 4.12. The minimum atomic E-state index is -3.10. The molecule has 1 atom stereocenters. The number of aryl methyl sites for hydroxylation is 2. The van der Waals surface area contributed by atoms with Crippen LogP contribution >= 0.6 is 15.9 Å². The highest BCUT2D eigenvalue weighted by Crippen LogP contribution is 2.24. The maximum absolute atomic E-state index is 13.0. The molecular formula is C21H24BrNO4S. The number of sulfone groups is 1. The van der Waals surface area contributed by atoms with Crippen molar-refractivity contribution in [3.63, 3.8) is 0 Å². The number of nitrogens with zero attached hydrogens (tertiary/aromatic N) is 1. The van der Waals surface area contributed by atoms with Gasteiger partial charge in [-0.1, -0.05) is 46.3 Å². The Labute approximate surface area is 174 Å². The fraction of sp³-hybridized carbons (Fsp3) is 0.381. The lowest BCUT2D eigenvalue weighted by molar-refractivity contribution is -0.136. The van der Waals surface area contributed by atoms with Crippen LogP contribution in [0.15, 0.2) is 46.9 Å². The van der Waals surface area contributed by atoms with E-state index in [1.807, 2.05) is 56.3 Å². The molecule has 0 aliphatic carbocycles. The molecule has 1 fully saturated rings. The number of para-hydroxylation sites is 1. The van der Waals surface area contributed by atoms with Crippen LogP contribution in [0.3, 0.4) is 0 Å². The maximum Gasteiger partial charge on any atom is 0.261 e. The predicted molar refractivity (Wildman–Crippen MR) is 113 cm³/mol. The van der Waals surface area contributed by atoms with Crippen molar-refractivity contribution in [2.75, 3.05) is 18.1 Å². The second kappa shape index (κ2) is 8.66. The van der Waals surface area contributed by atoms with Crippen LogP contribution in [0.5, 0.6) is 5.75 Å². The van der Waals surface area contributed by atoms with E-state index in [1.165, 1.54) is 0 Å². The van der Waals surface area contributed by atoms with E-state index in [1.54, 1.807) is 4.90 Å². The van der Waals surface area contributed by atoms with E-state index in [4.69, 9.17) is 4.74 Å². The number of carbonyl (C=O) groups is 1. The van der Waals surface area contributed by atoms with Crippen molar-refractivity contribution in [1.82, 2.24) is 4.90 Å². The van der Waals surface area contributed by atoms with E-state index in [9.17, 15) is 13.2 Å². The molecule has 0 N–H and O–H groups in total. The molecule has 0 spiro atoms. The first-order valence-electron chi connectivity index (χ1n) is 9.18. The summed E-state index contributed by atoms with van der Waals surface area (Å²) >= 11 is 3.44. The number of carbonyl (C=O) groups excluding carboxylic acids is 1. The number of halogens is 1. The molecule has 5 nitrogen and oxygen atoms in total. The normalized spacial score (nSPS) is 18.0. The fourth-order valence-corrected chi connectivity index (χ4v) is 5.70. The number of benzene rings is 2. The Morgan fingerprint density at radius 2 is 1.86 bits per heavy atom. The highest BCUT2D eigenvalue weighted by atomic mass is 79.9. The second-order valence-electron chi connectivity index (χ2n) is 7.22. The van der Waals surface area contributed by atoms with Crippen molar-refractivity contribution < 1.29 is 17.9 Å². The number of hydrogen-bond acceptors (Lipinski definition) is 4. The van der Waals surface area contributed by atoms with Crippen LogP contribution in [-0.2, 0) is 21.2 Å². The van der Waals surface area contributed by atoms with Gasteiger partial charge in [-0.25, -0.2) is 8.42 Å². The van der Waals surface area contributed by atoms with Crippen LogP contribution in [0.25, 0.3) is 0 Å². The van der Waals surface area contributed by atoms with Crippen LogP contribution in [-0.4, -0.2) is 43.4 Å². The zero-order valence-electron chi connectivity index (χ0n) is 16.0. The van der Waals surface area contributed by atoms with Crippen LogP contribution in [0.4, 0.5) is 0 Å². The van der Waals surface area contributed by atoms with Crippen LogP contribution < -0.4 is 4.74 Å². The molecule has 1 amide bonds. The molecule has 0 radical (unpaired) electrons. The van der Waals surface area contributed by atoms with Gasteiger partial charge in [-0.05, 0) is 49.1 Å². The third-order valence-electron chi connectivity index (χ3n) is 4.96. The van der Waals surface area contributed by atoms with Crippen molar-refractivity contribution in [3.05, 3.63) is 63.6 Å². The molecule has 0 saturated carbocycles. The van der Waals surface area contributed by atoms with Gasteiger partial charge in [0.1, 0.15) is 5.75 Å². The molecule has 0 aromatic heterocycles. The number of ether oxygens (including phenoxy) is 1. The average molecular weight is 466 g/mol. The monoisotopic (exact) mass is 465 g/mol. The highest BCUT2D eigenvalue weighted by molar-refractivity contribution is 9.10. The topological polar surface area (TPSA) is 63.7 Å². The van der Waals surface area contributed by atoms with Gasteiger partial charge in [0.25, 0.3) is 5.91 Å². The Kier molecular flexibility index (Phi) is 6.45. The van der Waals surface area contributed by atoms with Gasteiger partial charge < -0.3 is 9.64 Å². The molecule has 0 unspecified atom stereocenters. The Hall–Kier alpha value is -1.86. The molecule has 7 heteroatoms. The minimum absolute atomic E-state index is 0.0101. The average Bonchev–Trinajstić information content (AvgIpc) is 2.98. The molecule has 28 heavy (non-hydrogen) atoms. The van der Waals surface area contributed by atoms with E-state index in [-0.39, 0.29) is 30.1 Å². The van der Waals surface area contributed by atoms with E-state index >= 15 is 0 Å².